The molecule has 2 aliphatic heterocycles. The van der Waals surface area contributed by atoms with Crippen molar-refractivity contribution < 1.29 is 28.7 Å². The van der Waals surface area contributed by atoms with E-state index in [9.17, 15) is 19.2 Å². The van der Waals surface area contributed by atoms with Crippen LogP contribution in [0.5, 0.6) is 5.75 Å². The largest absolute Gasteiger partial charge is 0.493 e. The van der Waals surface area contributed by atoms with Gasteiger partial charge in [-0.1, -0.05) is 32.0 Å². The van der Waals surface area contributed by atoms with Gasteiger partial charge in [0.2, 0.25) is 0 Å². The smallest absolute Gasteiger partial charge is 0.327 e. The molecule has 2 atom stereocenters. The Morgan fingerprint density at radius 1 is 1.28 bits per heavy atom. The molecule has 9 heteroatoms. The standard InChI is InChI=1S/C20H25N3O6/c1-12(2)10-21-17(25)13(3)29-16(24)11-23-18(26)20(22-19(23)27)8-9-28-15-7-5-4-6-14(15)20/h4-7,12-13H,8-11H2,1-3H3,(H,21,25)(H,22,27)/t13-,20-/m1/s1. The SMILES string of the molecule is CC(C)CNC(=O)[C@@H](C)OC(=O)CN1C(=O)N[C@@]2(CCOc3ccccc32)C1=O. The number of urea groups is 1. The van der Waals surface area contributed by atoms with Crippen LogP contribution >= 0.6 is 0 Å². The Hall–Kier alpha value is -3.10. The second-order valence-corrected chi connectivity index (χ2v) is 7.59. The Kier molecular flexibility index (Phi) is 5.76. The van der Waals surface area contributed by atoms with Gasteiger partial charge in [-0.05, 0) is 18.9 Å². The zero-order valence-corrected chi connectivity index (χ0v) is 16.7. The molecule has 1 saturated heterocycles. The van der Waals surface area contributed by atoms with E-state index in [4.69, 9.17) is 9.47 Å². The fraction of sp³-hybridized carbons (Fsp3) is 0.500. The van der Waals surface area contributed by atoms with Gasteiger partial charge in [-0.15, -0.1) is 0 Å². The first kappa shape index (κ1) is 20.6. The maximum Gasteiger partial charge on any atom is 0.327 e. The highest BCUT2D eigenvalue weighted by Crippen LogP contribution is 2.40. The Bertz CT molecular complexity index is 839. The molecule has 1 spiro atoms. The number of nitrogens with one attached hydrogen (secondary N) is 2. The molecule has 0 radical (unpaired) electrons. The fourth-order valence-electron chi connectivity index (χ4n) is 3.38. The number of fused-ring (bicyclic) bond motifs is 2. The molecular formula is C20H25N3O6. The summed E-state index contributed by atoms with van der Waals surface area (Å²) in [5, 5.41) is 5.38. The second-order valence-electron chi connectivity index (χ2n) is 7.59. The number of ether oxygens (including phenoxy) is 2. The highest BCUT2D eigenvalue weighted by atomic mass is 16.5. The van der Waals surface area contributed by atoms with Crippen LogP contribution in [0.3, 0.4) is 0 Å². The third-order valence-electron chi connectivity index (χ3n) is 4.91. The van der Waals surface area contributed by atoms with Crippen molar-refractivity contribution in [1.29, 1.82) is 0 Å². The van der Waals surface area contributed by atoms with Crippen molar-refractivity contribution in [2.24, 2.45) is 5.92 Å². The van der Waals surface area contributed by atoms with Gasteiger partial charge in [-0.25, -0.2) is 4.79 Å². The van der Waals surface area contributed by atoms with E-state index < -0.39 is 42.0 Å². The van der Waals surface area contributed by atoms with Gasteiger partial charge >= 0.3 is 12.0 Å². The molecule has 2 N–H and O–H groups in total. The zero-order chi connectivity index (χ0) is 21.2. The number of benzene rings is 1. The third-order valence-corrected chi connectivity index (χ3v) is 4.91. The average molecular weight is 403 g/mol. The van der Waals surface area contributed by atoms with Crippen molar-refractivity contribution in [3.63, 3.8) is 0 Å². The molecule has 9 nitrogen and oxygen atoms in total. The van der Waals surface area contributed by atoms with Crippen LogP contribution in [0, 0.1) is 5.92 Å². The summed E-state index contributed by atoms with van der Waals surface area (Å²) in [7, 11) is 0. The second kappa shape index (κ2) is 8.10. The first-order valence-corrected chi connectivity index (χ1v) is 9.58. The van der Waals surface area contributed by atoms with Crippen LogP contribution in [0.25, 0.3) is 0 Å². The summed E-state index contributed by atoms with van der Waals surface area (Å²) >= 11 is 0. The minimum atomic E-state index is -1.26. The maximum absolute atomic E-state index is 13.1. The Morgan fingerprint density at radius 3 is 2.72 bits per heavy atom. The van der Waals surface area contributed by atoms with E-state index >= 15 is 0 Å². The molecule has 0 aromatic heterocycles. The lowest BCUT2D eigenvalue weighted by molar-refractivity contribution is -0.156. The predicted molar refractivity (Wildman–Crippen MR) is 102 cm³/mol. The van der Waals surface area contributed by atoms with Crippen LogP contribution in [0.2, 0.25) is 0 Å². The molecule has 1 fully saturated rings. The molecule has 156 valence electrons. The first-order valence-electron chi connectivity index (χ1n) is 9.58. The van der Waals surface area contributed by atoms with Crippen molar-refractivity contribution in [1.82, 2.24) is 15.5 Å². The summed E-state index contributed by atoms with van der Waals surface area (Å²) in [6.07, 6.45) is -0.770. The molecule has 2 heterocycles. The number of rotatable bonds is 6. The van der Waals surface area contributed by atoms with E-state index in [0.29, 0.717) is 17.9 Å². The van der Waals surface area contributed by atoms with E-state index in [-0.39, 0.29) is 18.9 Å². The van der Waals surface area contributed by atoms with Crippen molar-refractivity contribution in [3.8, 4) is 5.75 Å². The van der Waals surface area contributed by atoms with Gasteiger partial charge in [-0.2, -0.15) is 0 Å². The Labute approximate surface area is 168 Å². The first-order chi connectivity index (χ1) is 13.7. The highest BCUT2D eigenvalue weighted by molar-refractivity contribution is 6.09. The molecule has 29 heavy (non-hydrogen) atoms. The van der Waals surface area contributed by atoms with Gasteiger partial charge in [0, 0.05) is 18.5 Å². The zero-order valence-electron chi connectivity index (χ0n) is 16.7. The van der Waals surface area contributed by atoms with Crippen LogP contribution in [0.15, 0.2) is 24.3 Å². The molecular weight excluding hydrogens is 378 g/mol. The normalized spacial score (nSPS) is 21.4. The van der Waals surface area contributed by atoms with Crippen molar-refractivity contribution in [2.45, 2.75) is 38.8 Å². The van der Waals surface area contributed by atoms with Gasteiger partial charge < -0.3 is 20.1 Å². The summed E-state index contributed by atoms with van der Waals surface area (Å²) in [6, 6.07) is 6.29. The van der Waals surface area contributed by atoms with E-state index in [1.807, 2.05) is 13.8 Å². The number of esters is 1. The van der Waals surface area contributed by atoms with E-state index in [1.54, 1.807) is 24.3 Å². The molecule has 2 aliphatic rings. The van der Waals surface area contributed by atoms with Crippen LogP contribution < -0.4 is 15.4 Å². The number of hydrogen-bond donors (Lipinski definition) is 2. The molecule has 0 saturated carbocycles. The van der Waals surface area contributed by atoms with E-state index in [2.05, 4.69) is 10.6 Å². The minimum Gasteiger partial charge on any atom is -0.493 e. The predicted octanol–water partition coefficient (Wildman–Crippen LogP) is 0.920. The lowest BCUT2D eigenvalue weighted by atomic mass is 9.84. The lowest BCUT2D eigenvalue weighted by Gasteiger charge is -2.33. The van der Waals surface area contributed by atoms with E-state index in [1.165, 1.54) is 6.92 Å². The van der Waals surface area contributed by atoms with Crippen molar-refractivity contribution in [2.75, 3.05) is 19.7 Å². The molecule has 4 amide bonds. The molecule has 0 unspecified atom stereocenters. The quantitative estimate of drug-likeness (QED) is 0.539. The fourth-order valence-corrected chi connectivity index (χ4v) is 3.38. The average Bonchev–Trinajstić information content (AvgIpc) is 2.91. The maximum atomic E-state index is 13.1. The highest BCUT2D eigenvalue weighted by Gasteiger charge is 2.55. The van der Waals surface area contributed by atoms with Crippen LogP contribution in [0.1, 0.15) is 32.8 Å². The van der Waals surface area contributed by atoms with Crippen LogP contribution in [-0.2, 0) is 24.7 Å². The van der Waals surface area contributed by atoms with Crippen molar-refractivity contribution >= 4 is 23.8 Å². The van der Waals surface area contributed by atoms with Gasteiger partial charge in [0.15, 0.2) is 11.6 Å². The molecule has 0 aliphatic carbocycles. The molecule has 1 aromatic rings. The van der Waals surface area contributed by atoms with Gasteiger partial charge in [-0.3, -0.25) is 19.3 Å². The Morgan fingerprint density at radius 2 is 2.00 bits per heavy atom. The number of amides is 4. The topological polar surface area (TPSA) is 114 Å². The Balaban J connectivity index is 1.67. The molecule has 0 bridgehead atoms. The van der Waals surface area contributed by atoms with Gasteiger partial charge in [0.05, 0.1) is 6.61 Å². The lowest BCUT2D eigenvalue weighted by Crippen LogP contribution is -2.48. The number of imide groups is 1. The summed E-state index contributed by atoms with van der Waals surface area (Å²) in [5.74, 6) is -1.03. The summed E-state index contributed by atoms with van der Waals surface area (Å²) in [4.78, 5) is 50.6. The minimum absolute atomic E-state index is 0.256. The number of nitrogens with zero attached hydrogens (tertiary/aromatic N) is 1. The third kappa shape index (κ3) is 4.03. The monoisotopic (exact) mass is 403 g/mol. The van der Waals surface area contributed by atoms with Crippen molar-refractivity contribution in [3.05, 3.63) is 29.8 Å². The molecule has 3 rings (SSSR count). The van der Waals surface area contributed by atoms with Crippen LogP contribution in [-0.4, -0.2) is 54.5 Å². The number of hydrogen-bond acceptors (Lipinski definition) is 6. The van der Waals surface area contributed by atoms with Gasteiger partial charge in [0.25, 0.3) is 11.8 Å². The van der Waals surface area contributed by atoms with Crippen LogP contribution in [0.4, 0.5) is 4.79 Å². The molecule has 1 aromatic carbocycles. The summed E-state index contributed by atoms with van der Waals surface area (Å²) in [5.41, 5.74) is -0.700. The number of para-hydroxylation sites is 1. The number of carbonyl (C=O) groups is 4. The van der Waals surface area contributed by atoms with Gasteiger partial charge in [0.1, 0.15) is 12.3 Å². The summed E-state index contributed by atoms with van der Waals surface area (Å²) < 4.78 is 10.7. The van der Waals surface area contributed by atoms with E-state index in [0.717, 1.165) is 4.90 Å². The number of carbonyl (C=O) groups excluding carboxylic acids is 4. The summed E-state index contributed by atoms with van der Waals surface area (Å²) in [6.45, 7) is 5.47.